The van der Waals surface area contributed by atoms with E-state index in [0.717, 1.165) is 0 Å². The minimum atomic E-state index is -1.04. The molecular weight excluding hydrogens is 192 g/mol. The molecule has 0 aromatic carbocycles. The Bertz CT molecular complexity index is 393. The normalized spacial score (nSPS) is 24.7. The first-order valence-corrected chi connectivity index (χ1v) is 3.98. The summed E-state index contributed by atoms with van der Waals surface area (Å²) in [6.07, 6.45) is 4.60. The first-order valence-electron chi connectivity index (χ1n) is 3.61. The van der Waals surface area contributed by atoms with E-state index in [-0.39, 0.29) is 11.7 Å². The predicted octanol–water partition coefficient (Wildman–Crippen LogP) is 0.985. The SMILES string of the molecule is O=C(O)C1=C[C@H]2N=CC(Cl)=CC2=N1. The number of fused-ring (bicyclic) bond motifs is 1. The Hall–Kier alpha value is -1.42. The van der Waals surface area contributed by atoms with Gasteiger partial charge in [-0.2, -0.15) is 0 Å². The summed E-state index contributed by atoms with van der Waals surface area (Å²) in [4.78, 5) is 18.4. The molecule has 1 N–H and O–H groups in total. The van der Waals surface area contributed by atoms with Gasteiger partial charge in [0, 0.05) is 6.21 Å². The molecule has 0 aromatic heterocycles. The van der Waals surface area contributed by atoms with Crippen LogP contribution >= 0.6 is 11.6 Å². The van der Waals surface area contributed by atoms with Crippen LogP contribution in [0, 0.1) is 0 Å². The number of hydrogen-bond donors (Lipinski definition) is 1. The van der Waals surface area contributed by atoms with Crippen LogP contribution in [-0.2, 0) is 4.79 Å². The second-order valence-electron chi connectivity index (χ2n) is 2.65. The summed E-state index contributed by atoms with van der Waals surface area (Å²) in [5.41, 5.74) is 0.615. The van der Waals surface area contributed by atoms with Gasteiger partial charge in [0.05, 0.1) is 10.7 Å². The van der Waals surface area contributed by atoms with E-state index in [1.54, 1.807) is 6.08 Å². The molecule has 2 aliphatic rings. The van der Waals surface area contributed by atoms with Crippen molar-refractivity contribution in [3.8, 4) is 0 Å². The fourth-order valence-electron chi connectivity index (χ4n) is 1.16. The lowest BCUT2D eigenvalue weighted by molar-refractivity contribution is -0.132. The van der Waals surface area contributed by atoms with E-state index in [1.165, 1.54) is 12.3 Å². The van der Waals surface area contributed by atoms with Crippen LogP contribution < -0.4 is 0 Å². The molecule has 13 heavy (non-hydrogen) atoms. The second-order valence-corrected chi connectivity index (χ2v) is 3.08. The van der Waals surface area contributed by atoms with Crippen LogP contribution in [0.25, 0.3) is 0 Å². The zero-order valence-corrected chi connectivity index (χ0v) is 7.19. The highest BCUT2D eigenvalue weighted by molar-refractivity contribution is 6.41. The first-order chi connectivity index (χ1) is 6.16. The number of rotatable bonds is 1. The van der Waals surface area contributed by atoms with Crippen molar-refractivity contribution in [2.75, 3.05) is 0 Å². The highest BCUT2D eigenvalue weighted by Crippen LogP contribution is 2.19. The van der Waals surface area contributed by atoms with Crippen molar-refractivity contribution in [1.82, 2.24) is 0 Å². The predicted molar refractivity (Wildman–Crippen MR) is 49.4 cm³/mol. The molecule has 0 aromatic rings. The number of aliphatic imine (C=N–C) groups is 2. The Labute approximate surface area is 79.0 Å². The molecule has 0 unspecified atom stereocenters. The average Bonchev–Trinajstić information content (AvgIpc) is 2.46. The van der Waals surface area contributed by atoms with E-state index < -0.39 is 5.97 Å². The monoisotopic (exact) mass is 196 g/mol. The Kier molecular flexibility index (Phi) is 1.77. The van der Waals surface area contributed by atoms with Gasteiger partial charge in [-0.1, -0.05) is 11.6 Å². The maximum absolute atomic E-state index is 10.5. The van der Waals surface area contributed by atoms with Crippen LogP contribution in [0.5, 0.6) is 0 Å². The van der Waals surface area contributed by atoms with Gasteiger partial charge in [-0.25, -0.2) is 9.79 Å². The van der Waals surface area contributed by atoms with Gasteiger partial charge < -0.3 is 5.11 Å². The summed E-state index contributed by atoms with van der Waals surface area (Å²) in [7, 11) is 0. The molecule has 0 saturated carbocycles. The summed E-state index contributed by atoms with van der Waals surface area (Å²) in [5.74, 6) is -1.04. The maximum atomic E-state index is 10.5. The first kappa shape index (κ1) is 8.19. The summed E-state index contributed by atoms with van der Waals surface area (Å²) >= 11 is 5.67. The van der Waals surface area contributed by atoms with E-state index in [4.69, 9.17) is 16.7 Å². The molecular formula is C8H5ClN2O2. The van der Waals surface area contributed by atoms with E-state index >= 15 is 0 Å². The van der Waals surface area contributed by atoms with E-state index in [0.29, 0.717) is 10.7 Å². The number of allylic oxidation sites excluding steroid dienone is 1. The van der Waals surface area contributed by atoms with Crippen molar-refractivity contribution in [2.45, 2.75) is 6.04 Å². The van der Waals surface area contributed by atoms with Gasteiger partial charge in [0.1, 0.15) is 11.7 Å². The topological polar surface area (TPSA) is 62.0 Å². The molecule has 1 atom stereocenters. The Morgan fingerprint density at radius 3 is 3.08 bits per heavy atom. The summed E-state index contributed by atoms with van der Waals surface area (Å²) in [6.45, 7) is 0. The van der Waals surface area contributed by atoms with Gasteiger partial charge in [-0.15, -0.1) is 0 Å². The zero-order chi connectivity index (χ0) is 9.42. The fraction of sp³-hybridized carbons (Fsp3) is 0.125. The quantitative estimate of drug-likeness (QED) is 0.680. The van der Waals surface area contributed by atoms with Crippen LogP contribution in [0.1, 0.15) is 0 Å². The molecule has 2 rings (SSSR count). The minimum absolute atomic E-state index is 0.0276. The smallest absolute Gasteiger partial charge is 0.354 e. The molecule has 0 saturated heterocycles. The molecule has 0 spiro atoms. The number of carboxylic acid groups (broad SMARTS) is 1. The van der Waals surface area contributed by atoms with Gasteiger partial charge in [0.15, 0.2) is 0 Å². The summed E-state index contributed by atoms with van der Waals surface area (Å²) in [5, 5.41) is 9.11. The van der Waals surface area contributed by atoms with Gasteiger partial charge in [0.2, 0.25) is 0 Å². The molecule has 0 fully saturated rings. The van der Waals surface area contributed by atoms with Gasteiger partial charge in [0.25, 0.3) is 0 Å². The Morgan fingerprint density at radius 2 is 2.38 bits per heavy atom. The third kappa shape index (κ3) is 1.40. The van der Waals surface area contributed by atoms with Crippen LogP contribution in [-0.4, -0.2) is 29.0 Å². The van der Waals surface area contributed by atoms with Crippen molar-refractivity contribution < 1.29 is 9.90 Å². The third-order valence-corrected chi connectivity index (χ3v) is 1.94. The molecule has 2 aliphatic heterocycles. The number of halogens is 1. The van der Waals surface area contributed by atoms with Crippen molar-refractivity contribution in [1.29, 1.82) is 0 Å². The Morgan fingerprint density at radius 1 is 1.62 bits per heavy atom. The number of aliphatic carboxylic acids is 1. The highest BCUT2D eigenvalue weighted by atomic mass is 35.5. The maximum Gasteiger partial charge on any atom is 0.354 e. The standard InChI is InChI=1S/C8H5ClN2O2/c9-4-1-6-5(10-3-4)2-7(11-6)8(12)13/h1-3,5H,(H,12,13)/t5-/m1/s1. The molecule has 0 amide bonds. The van der Waals surface area contributed by atoms with Crippen molar-refractivity contribution in [3.05, 3.63) is 22.9 Å². The van der Waals surface area contributed by atoms with E-state index in [2.05, 4.69) is 9.98 Å². The lowest BCUT2D eigenvalue weighted by atomic mass is 10.1. The largest absolute Gasteiger partial charge is 0.477 e. The number of nitrogens with zero attached hydrogens (tertiary/aromatic N) is 2. The number of hydrogen-bond acceptors (Lipinski definition) is 3. The van der Waals surface area contributed by atoms with E-state index in [9.17, 15) is 4.79 Å². The second kappa shape index (κ2) is 2.81. The Balaban J connectivity index is 2.36. The zero-order valence-electron chi connectivity index (χ0n) is 6.44. The molecule has 2 heterocycles. The van der Waals surface area contributed by atoms with Gasteiger partial charge >= 0.3 is 5.97 Å². The lowest BCUT2D eigenvalue weighted by Gasteiger charge is -2.06. The van der Waals surface area contributed by atoms with Crippen LogP contribution in [0.2, 0.25) is 0 Å². The van der Waals surface area contributed by atoms with E-state index in [1.807, 2.05) is 0 Å². The molecule has 0 aliphatic carbocycles. The molecule has 5 heteroatoms. The number of carboxylic acids is 1. The fourth-order valence-corrected chi connectivity index (χ4v) is 1.33. The summed E-state index contributed by atoms with van der Waals surface area (Å²) < 4.78 is 0. The van der Waals surface area contributed by atoms with Crippen LogP contribution in [0.15, 0.2) is 32.9 Å². The molecule has 0 bridgehead atoms. The van der Waals surface area contributed by atoms with Crippen LogP contribution in [0.3, 0.4) is 0 Å². The number of carbonyl (C=O) groups is 1. The molecule has 0 radical (unpaired) electrons. The molecule has 66 valence electrons. The molecule has 4 nitrogen and oxygen atoms in total. The van der Waals surface area contributed by atoms with Gasteiger partial charge in [-0.3, -0.25) is 4.99 Å². The average molecular weight is 197 g/mol. The van der Waals surface area contributed by atoms with Crippen molar-refractivity contribution in [2.24, 2.45) is 9.98 Å². The third-order valence-electron chi connectivity index (χ3n) is 1.73. The number of dihydropyridines is 1. The van der Waals surface area contributed by atoms with Gasteiger partial charge in [-0.05, 0) is 12.2 Å². The summed E-state index contributed by atoms with van der Waals surface area (Å²) in [6, 6.07) is -0.270. The minimum Gasteiger partial charge on any atom is -0.477 e. The lowest BCUT2D eigenvalue weighted by Crippen LogP contribution is -2.14. The van der Waals surface area contributed by atoms with Crippen LogP contribution in [0.4, 0.5) is 0 Å². The highest BCUT2D eigenvalue weighted by Gasteiger charge is 2.24. The van der Waals surface area contributed by atoms with Crippen molar-refractivity contribution >= 4 is 29.5 Å². The van der Waals surface area contributed by atoms with Crippen molar-refractivity contribution in [3.63, 3.8) is 0 Å².